The number of nitrogens with zero attached hydrogens (tertiary/aromatic N) is 4. The summed E-state index contributed by atoms with van der Waals surface area (Å²) in [7, 11) is 1.94. The number of aromatic nitrogens is 4. The molecule has 86 valence electrons. The van der Waals surface area contributed by atoms with Gasteiger partial charge in [0.05, 0.1) is 18.4 Å². The van der Waals surface area contributed by atoms with Crippen LogP contribution in [0.2, 0.25) is 0 Å². The van der Waals surface area contributed by atoms with Gasteiger partial charge in [0.1, 0.15) is 0 Å². The standard InChI is InChI=1S/C12H18N4/c1-4-11-6-12(5-2)16(14-11)9-10-7-13-15(3)8-10/h6-8H,4-5,9H2,1-3H3. The van der Waals surface area contributed by atoms with Gasteiger partial charge in [-0.2, -0.15) is 10.2 Å². The van der Waals surface area contributed by atoms with E-state index in [1.165, 1.54) is 17.0 Å². The van der Waals surface area contributed by atoms with Crippen LogP contribution in [-0.4, -0.2) is 19.6 Å². The summed E-state index contributed by atoms with van der Waals surface area (Å²) in [4.78, 5) is 0. The molecule has 16 heavy (non-hydrogen) atoms. The fraction of sp³-hybridized carbons (Fsp3) is 0.500. The zero-order valence-corrected chi connectivity index (χ0v) is 10.1. The zero-order chi connectivity index (χ0) is 11.5. The highest BCUT2D eigenvalue weighted by Gasteiger charge is 2.06. The van der Waals surface area contributed by atoms with Crippen LogP contribution in [0.4, 0.5) is 0 Å². The van der Waals surface area contributed by atoms with E-state index in [1.807, 2.05) is 24.1 Å². The topological polar surface area (TPSA) is 35.6 Å². The minimum Gasteiger partial charge on any atom is -0.275 e. The monoisotopic (exact) mass is 218 g/mol. The van der Waals surface area contributed by atoms with Gasteiger partial charge in [-0.05, 0) is 18.9 Å². The Morgan fingerprint density at radius 1 is 1.25 bits per heavy atom. The largest absolute Gasteiger partial charge is 0.275 e. The van der Waals surface area contributed by atoms with E-state index in [4.69, 9.17) is 0 Å². The van der Waals surface area contributed by atoms with Crippen molar-refractivity contribution in [3.8, 4) is 0 Å². The molecular weight excluding hydrogens is 200 g/mol. The van der Waals surface area contributed by atoms with Crippen LogP contribution >= 0.6 is 0 Å². The average molecular weight is 218 g/mol. The van der Waals surface area contributed by atoms with Crippen molar-refractivity contribution in [1.82, 2.24) is 19.6 Å². The Morgan fingerprint density at radius 2 is 2.06 bits per heavy atom. The third-order valence-electron chi connectivity index (χ3n) is 2.73. The van der Waals surface area contributed by atoms with Crippen LogP contribution in [0.5, 0.6) is 0 Å². The molecule has 0 bridgehead atoms. The van der Waals surface area contributed by atoms with E-state index in [2.05, 4.69) is 34.8 Å². The van der Waals surface area contributed by atoms with Crippen molar-refractivity contribution in [2.24, 2.45) is 7.05 Å². The molecule has 0 atom stereocenters. The number of aryl methyl sites for hydroxylation is 3. The number of hydrogen-bond acceptors (Lipinski definition) is 2. The van der Waals surface area contributed by atoms with Gasteiger partial charge in [-0.25, -0.2) is 0 Å². The van der Waals surface area contributed by atoms with Crippen LogP contribution in [0, 0.1) is 0 Å². The Balaban J connectivity index is 2.22. The molecule has 0 aliphatic carbocycles. The van der Waals surface area contributed by atoms with Gasteiger partial charge in [-0.1, -0.05) is 13.8 Å². The zero-order valence-electron chi connectivity index (χ0n) is 10.1. The third-order valence-corrected chi connectivity index (χ3v) is 2.73. The van der Waals surface area contributed by atoms with Gasteiger partial charge in [0.15, 0.2) is 0 Å². The molecule has 0 aromatic carbocycles. The van der Waals surface area contributed by atoms with Crippen molar-refractivity contribution in [3.63, 3.8) is 0 Å². The van der Waals surface area contributed by atoms with E-state index >= 15 is 0 Å². The van der Waals surface area contributed by atoms with Gasteiger partial charge >= 0.3 is 0 Å². The molecular formula is C12H18N4. The molecule has 0 aliphatic heterocycles. The second-order valence-electron chi connectivity index (χ2n) is 4.01. The third kappa shape index (κ3) is 2.15. The first kappa shape index (κ1) is 10.9. The molecule has 4 nitrogen and oxygen atoms in total. The molecule has 0 N–H and O–H groups in total. The maximum Gasteiger partial charge on any atom is 0.0693 e. The first-order valence-electron chi connectivity index (χ1n) is 5.76. The first-order valence-corrected chi connectivity index (χ1v) is 5.76. The smallest absolute Gasteiger partial charge is 0.0693 e. The quantitative estimate of drug-likeness (QED) is 0.784. The van der Waals surface area contributed by atoms with Crippen molar-refractivity contribution in [3.05, 3.63) is 35.4 Å². The number of rotatable bonds is 4. The summed E-state index contributed by atoms with van der Waals surface area (Å²) in [6, 6.07) is 2.19. The van der Waals surface area contributed by atoms with E-state index in [0.717, 1.165) is 19.4 Å². The molecule has 2 aromatic heterocycles. The van der Waals surface area contributed by atoms with E-state index in [1.54, 1.807) is 0 Å². The minimum absolute atomic E-state index is 0.816. The molecule has 4 heteroatoms. The van der Waals surface area contributed by atoms with Crippen LogP contribution in [0.25, 0.3) is 0 Å². The Morgan fingerprint density at radius 3 is 2.62 bits per heavy atom. The van der Waals surface area contributed by atoms with E-state index in [9.17, 15) is 0 Å². The first-order chi connectivity index (χ1) is 7.72. The second kappa shape index (κ2) is 4.51. The summed E-state index contributed by atoms with van der Waals surface area (Å²) in [5.41, 5.74) is 3.66. The SMILES string of the molecule is CCc1cc(CC)n(Cc2cnn(C)c2)n1. The Kier molecular flexibility index (Phi) is 3.08. The lowest BCUT2D eigenvalue weighted by Crippen LogP contribution is -2.05. The molecule has 2 heterocycles. The van der Waals surface area contributed by atoms with Crippen molar-refractivity contribution >= 4 is 0 Å². The second-order valence-corrected chi connectivity index (χ2v) is 4.01. The average Bonchev–Trinajstić information content (AvgIpc) is 2.85. The normalized spacial score (nSPS) is 10.9. The maximum absolute atomic E-state index is 4.58. The highest BCUT2D eigenvalue weighted by Crippen LogP contribution is 2.09. The molecule has 0 radical (unpaired) electrons. The van der Waals surface area contributed by atoms with Gasteiger partial charge < -0.3 is 0 Å². The molecule has 0 fully saturated rings. The van der Waals surface area contributed by atoms with Gasteiger partial charge in [0, 0.05) is 24.5 Å². The van der Waals surface area contributed by atoms with Crippen LogP contribution < -0.4 is 0 Å². The van der Waals surface area contributed by atoms with Crippen LogP contribution in [0.3, 0.4) is 0 Å². The van der Waals surface area contributed by atoms with Crippen LogP contribution in [-0.2, 0) is 26.4 Å². The molecule has 0 saturated carbocycles. The highest BCUT2D eigenvalue weighted by molar-refractivity contribution is 5.13. The summed E-state index contributed by atoms with van der Waals surface area (Å²) >= 11 is 0. The fourth-order valence-electron chi connectivity index (χ4n) is 1.84. The van der Waals surface area contributed by atoms with Gasteiger partial charge in [0.25, 0.3) is 0 Å². The lowest BCUT2D eigenvalue weighted by Gasteiger charge is -2.03. The molecule has 2 rings (SSSR count). The fourth-order valence-corrected chi connectivity index (χ4v) is 1.84. The minimum atomic E-state index is 0.816. The van der Waals surface area contributed by atoms with E-state index < -0.39 is 0 Å². The Labute approximate surface area is 95.9 Å². The summed E-state index contributed by atoms with van der Waals surface area (Å²) in [6.07, 6.45) is 5.94. The molecule has 0 unspecified atom stereocenters. The maximum atomic E-state index is 4.58. The van der Waals surface area contributed by atoms with Crippen molar-refractivity contribution in [1.29, 1.82) is 0 Å². The predicted molar refractivity (Wildman–Crippen MR) is 63.3 cm³/mol. The van der Waals surface area contributed by atoms with E-state index in [-0.39, 0.29) is 0 Å². The lowest BCUT2D eigenvalue weighted by atomic mass is 10.2. The van der Waals surface area contributed by atoms with Gasteiger partial charge in [0.2, 0.25) is 0 Å². The molecule has 0 amide bonds. The molecule has 0 spiro atoms. The van der Waals surface area contributed by atoms with Crippen molar-refractivity contribution in [2.75, 3.05) is 0 Å². The lowest BCUT2D eigenvalue weighted by molar-refractivity contribution is 0.640. The number of hydrogen-bond donors (Lipinski definition) is 0. The van der Waals surface area contributed by atoms with Crippen molar-refractivity contribution in [2.45, 2.75) is 33.2 Å². The Bertz CT molecular complexity index is 467. The predicted octanol–water partition coefficient (Wildman–Crippen LogP) is 1.79. The van der Waals surface area contributed by atoms with Gasteiger partial charge in [-0.3, -0.25) is 9.36 Å². The summed E-state index contributed by atoms with van der Waals surface area (Å²) in [5.74, 6) is 0. The van der Waals surface area contributed by atoms with Gasteiger partial charge in [-0.15, -0.1) is 0 Å². The Hall–Kier alpha value is -1.58. The van der Waals surface area contributed by atoms with Crippen LogP contribution in [0.15, 0.2) is 18.5 Å². The van der Waals surface area contributed by atoms with Crippen LogP contribution in [0.1, 0.15) is 30.8 Å². The summed E-state index contributed by atoms with van der Waals surface area (Å²) < 4.78 is 3.90. The van der Waals surface area contributed by atoms with Crippen molar-refractivity contribution < 1.29 is 0 Å². The summed E-state index contributed by atoms with van der Waals surface area (Å²) in [6.45, 7) is 5.11. The summed E-state index contributed by atoms with van der Waals surface area (Å²) in [5, 5.41) is 8.75. The van der Waals surface area contributed by atoms with E-state index in [0.29, 0.717) is 0 Å². The molecule has 0 saturated heterocycles. The highest BCUT2D eigenvalue weighted by atomic mass is 15.3. The molecule has 2 aromatic rings. The molecule has 0 aliphatic rings.